The van der Waals surface area contributed by atoms with E-state index in [1.54, 1.807) is 11.8 Å². The number of nitrogens with zero attached hydrogens (tertiary/aromatic N) is 1. The van der Waals surface area contributed by atoms with Crippen molar-refractivity contribution in [2.24, 2.45) is 5.73 Å². The number of pyridine rings is 1. The topological polar surface area (TPSA) is 38.9 Å². The first-order valence-corrected chi connectivity index (χ1v) is 9.45. The zero-order valence-electron chi connectivity index (χ0n) is 15.6. The van der Waals surface area contributed by atoms with Gasteiger partial charge in [-0.25, -0.2) is 4.98 Å². The molecule has 2 N–H and O–H groups in total. The number of para-hydroxylation sites is 1. The maximum absolute atomic E-state index is 6.45. The fourth-order valence-electron chi connectivity index (χ4n) is 2.74. The number of aromatic nitrogens is 1. The highest BCUT2D eigenvalue weighted by Crippen LogP contribution is 2.44. The SMILES string of the molecule is Cc1c(-c2ccccc2)c(SC(C)(C)C(C)(C)N)nc2ccccc12. The number of nitrogens with two attached hydrogens (primary N) is 1. The molecule has 0 radical (unpaired) electrons. The van der Waals surface area contributed by atoms with Crippen LogP contribution in [0.2, 0.25) is 0 Å². The second kappa shape index (κ2) is 6.47. The Balaban J connectivity index is 2.26. The van der Waals surface area contributed by atoms with Crippen LogP contribution in [0.4, 0.5) is 0 Å². The molecule has 0 aliphatic rings. The van der Waals surface area contributed by atoms with E-state index in [1.165, 1.54) is 22.1 Å². The van der Waals surface area contributed by atoms with Crippen LogP contribution in [-0.4, -0.2) is 15.3 Å². The second-order valence-corrected chi connectivity index (χ2v) is 9.25. The summed E-state index contributed by atoms with van der Waals surface area (Å²) in [4.78, 5) is 5.02. The van der Waals surface area contributed by atoms with E-state index >= 15 is 0 Å². The molecule has 0 saturated heterocycles. The molecule has 0 spiro atoms. The standard InChI is InChI=1S/C22H26N2S/c1-15-17-13-9-10-14-18(17)24-20(25-22(4,5)21(2,3)23)19(15)16-11-7-6-8-12-16/h6-14H,23H2,1-5H3. The molecule has 3 aromatic rings. The molecule has 0 aliphatic carbocycles. The van der Waals surface area contributed by atoms with Gasteiger partial charge < -0.3 is 5.73 Å². The first-order chi connectivity index (χ1) is 11.7. The monoisotopic (exact) mass is 350 g/mol. The van der Waals surface area contributed by atoms with E-state index in [4.69, 9.17) is 10.7 Å². The highest BCUT2D eigenvalue weighted by molar-refractivity contribution is 8.00. The number of benzene rings is 2. The minimum absolute atomic E-state index is 0.154. The van der Waals surface area contributed by atoms with Gasteiger partial charge >= 0.3 is 0 Å². The zero-order valence-corrected chi connectivity index (χ0v) is 16.4. The Morgan fingerprint density at radius 1 is 0.880 bits per heavy atom. The van der Waals surface area contributed by atoms with Gasteiger partial charge in [0.05, 0.1) is 5.52 Å². The molecule has 2 nitrogen and oxygen atoms in total. The molecule has 0 saturated carbocycles. The Morgan fingerprint density at radius 3 is 2.12 bits per heavy atom. The Labute approximate surface area is 154 Å². The summed E-state index contributed by atoms with van der Waals surface area (Å²) < 4.78 is -0.154. The van der Waals surface area contributed by atoms with Crippen molar-refractivity contribution in [2.45, 2.75) is 49.9 Å². The fraction of sp³-hybridized carbons (Fsp3) is 0.318. The van der Waals surface area contributed by atoms with Crippen LogP contribution in [0.3, 0.4) is 0 Å². The third-order valence-corrected chi connectivity index (χ3v) is 6.61. The fourth-order valence-corrected chi connectivity index (χ4v) is 4.00. The van der Waals surface area contributed by atoms with Crippen LogP contribution < -0.4 is 5.73 Å². The lowest BCUT2D eigenvalue weighted by molar-refractivity contribution is 0.412. The molecular weight excluding hydrogens is 324 g/mol. The van der Waals surface area contributed by atoms with Crippen molar-refractivity contribution < 1.29 is 0 Å². The third-order valence-electron chi connectivity index (χ3n) is 5.08. The maximum Gasteiger partial charge on any atom is 0.105 e. The Morgan fingerprint density at radius 2 is 1.48 bits per heavy atom. The number of thioether (sulfide) groups is 1. The van der Waals surface area contributed by atoms with Gasteiger partial charge in [0.2, 0.25) is 0 Å². The van der Waals surface area contributed by atoms with Crippen molar-refractivity contribution in [2.75, 3.05) is 0 Å². The number of rotatable bonds is 4. The first kappa shape index (κ1) is 18.0. The lowest BCUT2D eigenvalue weighted by Gasteiger charge is -2.38. The van der Waals surface area contributed by atoms with E-state index in [0.717, 1.165) is 10.5 Å². The molecule has 1 heterocycles. The molecule has 0 atom stereocenters. The van der Waals surface area contributed by atoms with Crippen LogP contribution in [0.25, 0.3) is 22.0 Å². The van der Waals surface area contributed by atoms with Crippen molar-refractivity contribution in [3.05, 3.63) is 60.2 Å². The van der Waals surface area contributed by atoms with Crippen molar-refractivity contribution in [3.8, 4) is 11.1 Å². The molecule has 0 unspecified atom stereocenters. The highest BCUT2D eigenvalue weighted by Gasteiger charge is 2.36. The van der Waals surface area contributed by atoms with E-state index in [-0.39, 0.29) is 10.3 Å². The number of fused-ring (bicyclic) bond motifs is 1. The second-order valence-electron chi connectivity index (χ2n) is 7.63. The minimum atomic E-state index is -0.327. The van der Waals surface area contributed by atoms with Crippen LogP contribution in [0.15, 0.2) is 59.6 Å². The van der Waals surface area contributed by atoms with Crippen LogP contribution in [0.1, 0.15) is 33.3 Å². The van der Waals surface area contributed by atoms with Gasteiger partial charge in [-0.1, -0.05) is 60.3 Å². The zero-order chi connectivity index (χ0) is 18.2. The predicted molar refractivity (Wildman–Crippen MR) is 110 cm³/mol. The van der Waals surface area contributed by atoms with E-state index in [2.05, 4.69) is 77.1 Å². The summed E-state index contributed by atoms with van der Waals surface area (Å²) in [6.45, 7) is 10.7. The molecule has 0 bridgehead atoms. The Kier molecular flexibility index (Phi) is 4.65. The minimum Gasteiger partial charge on any atom is -0.324 e. The molecule has 0 aliphatic heterocycles. The molecule has 25 heavy (non-hydrogen) atoms. The number of aryl methyl sites for hydroxylation is 1. The van der Waals surface area contributed by atoms with Crippen LogP contribution in [0.5, 0.6) is 0 Å². The lowest BCUT2D eigenvalue weighted by Crippen LogP contribution is -2.50. The van der Waals surface area contributed by atoms with E-state index in [1.807, 2.05) is 12.1 Å². The summed E-state index contributed by atoms with van der Waals surface area (Å²) in [6.07, 6.45) is 0. The Bertz CT molecular complexity index is 893. The Hall–Kier alpha value is -1.84. The van der Waals surface area contributed by atoms with Gasteiger partial charge in [-0.15, -0.1) is 0 Å². The predicted octanol–water partition coefficient (Wildman–Crippen LogP) is 5.82. The van der Waals surface area contributed by atoms with Crippen molar-refractivity contribution in [1.82, 2.24) is 4.98 Å². The van der Waals surface area contributed by atoms with E-state index in [9.17, 15) is 0 Å². The van der Waals surface area contributed by atoms with Crippen molar-refractivity contribution >= 4 is 22.7 Å². The molecule has 1 aromatic heterocycles. The highest BCUT2D eigenvalue weighted by atomic mass is 32.2. The van der Waals surface area contributed by atoms with Crippen LogP contribution >= 0.6 is 11.8 Å². The molecule has 130 valence electrons. The quantitative estimate of drug-likeness (QED) is 0.603. The van der Waals surface area contributed by atoms with Crippen molar-refractivity contribution in [3.63, 3.8) is 0 Å². The largest absolute Gasteiger partial charge is 0.324 e. The van der Waals surface area contributed by atoms with E-state index in [0.29, 0.717) is 0 Å². The maximum atomic E-state index is 6.45. The van der Waals surface area contributed by atoms with Crippen LogP contribution in [-0.2, 0) is 0 Å². The lowest BCUT2D eigenvalue weighted by atomic mass is 9.91. The summed E-state index contributed by atoms with van der Waals surface area (Å²) in [5.74, 6) is 0. The smallest absolute Gasteiger partial charge is 0.105 e. The first-order valence-electron chi connectivity index (χ1n) is 8.63. The molecule has 3 heteroatoms. The van der Waals surface area contributed by atoms with Crippen molar-refractivity contribution in [1.29, 1.82) is 0 Å². The summed E-state index contributed by atoms with van der Waals surface area (Å²) in [6, 6.07) is 18.9. The van der Waals surface area contributed by atoms with E-state index < -0.39 is 0 Å². The van der Waals surface area contributed by atoms with Gasteiger partial charge in [0.15, 0.2) is 0 Å². The molecule has 0 fully saturated rings. The van der Waals surface area contributed by atoms with Gasteiger partial charge in [0, 0.05) is 21.2 Å². The third kappa shape index (κ3) is 3.44. The summed E-state index contributed by atoms with van der Waals surface area (Å²) >= 11 is 1.77. The average Bonchev–Trinajstić information content (AvgIpc) is 2.54. The van der Waals surface area contributed by atoms with Crippen LogP contribution in [0, 0.1) is 6.92 Å². The normalized spacial score (nSPS) is 12.6. The molecule has 0 amide bonds. The summed E-state index contributed by atoms with van der Waals surface area (Å²) in [5.41, 5.74) is 10.8. The van der Waals surface area contributed by atoms with Gasteiger partial charge in [-0.05, 0) is 51.8 Å². The van der Waals surface area contributed by atoms with Gasteiger partial charge in [0.25, 0.3) is 0 Å². The average molecular weight is 351 g/mol. The van der Waals surface area contributed by atoms with Gasteiger partial charge in [-0.2, -0.15) is 0 Å². The summed E-state index contributed by atoms with van der Waals surface area (Å²) in [5, 5.41) is 2.25. The number of hydrogen-bond donors (Lipinski definition) is 1. The van der Waals surface area contributed by atoms with Gasteiger partial charge in [0.1, 0.15) is 5.03 Å². The summed E-state index contributed by atoms with van der Waals surface area (Å²) in [7, 11) is 0. The number of hydrogen-bond acceptors (Lipinski definition) is 3. The molecule has 2 aromatic carbocycles. The molecular formula is C22H26N2S. The molecule has 3 rings (SSSR count). The van der Waals surface area contributed by atoms with Gasteiger partial charge in [-0.3, -0.25) is 0 Å².